The molecule has 0 fully saturated rings. The number of nitrogens with two attached hydrogens (primary N) is 1. The smallest absolute Gasteiger partial charge is 0.435 e. The average Bonchev–Trinajstić information content (AvgIpc) is 2.62. The Morgan fingerprint density at radius 2 is 2.18 bits per heavy atom. The predicted molar refractivity (Wildman–Crippen MR) is 50.0 cm³/mol. The number of hydrogen-bond acceptors (Lipinski definition) is 5. The SMILES string of the molecule is CCOC(=O)c1nnn(CCN)c1C(F)(F)F. The van der Waals surface area contributed by atoms with Crippen LogP contribution in [0.25, 0.3) is 0 Å². The molecule has 0 amide bonds. The molecule has 9 heteroatoms. The molecule has 1 aromatic rings. The molecule has 0 aliphatic carbocycles. The molecule has 1 heterocycles. The van der Waals surface area contributed by atoms with E-state index in [4.69, 9.17) is 5.73 Å². The second-order valence-corrected chi connectivity index (χ2v) is 3.02. The van der Waals surface area contributed by atoms with E-state index in [0.29, 0.717) is 4.68 Å². The van der Waals surface area contributed by atoms with Gasteiger partial charge in [0.15, 0.2) is 5.69 Å². The van der Waals surface area contributed by atoms with E-state index in [0.717, 1.165) is 0 Å². The lowest BCUT2D eigenvalue weighted by Crippen LogP contribution is -2.22. The van der Waals surface area contributed by atoms with E-state index in [-0.39, 0.29) is 19.7 Å². The topological polar surface area (TPSA) is 83.0 Å². The molecule has 0 aliphatic heterocycles. The van der Waals surface area contributed by atoms with Crippen LogP contribution < -0.4 is 5.73 Å². The molecule has 0 atom stereocenters. The van der Waals surface area contributed by atoms with Crippen LogP contribution in [-0.2, 0) is 17.5 Å². The highest BCUT2D eigenvalue weighted by Gasteiger charge is 2.41. The molecule has 6 nitrogen and oxygen atoms in total. The van der Waals surface area contributed by atoms with Gasteiger partial charge in [-0.2, -0.15) is 13.2 Å². The molecular formula is C8H11F3N4O2. The quantitative estimate of drug-likeness (QED) is 0.786. The van der Waals surface area contributed by atoms with Crippen molar-refractivity contribution in [2.75, 3.05) is 13.2 Å². The molecule has 0 saturated heterocycles. The van der Waals surface area contributed by atoms with Gasteiger partial charge in [-0.3, -0.25) is 0 Å². The average molecular weight is 252 g/mol. The highest BCUT2D eigenvalue weighted by atomic mass is 19.4. The number of aromatic nitrogens is 3. The van der Waals surface area contributed by atoms with Gasteiger partial charge in [0.05, 0.1) is 13.2 Å². The van der Waals surface area contributed by atoms with Crippen LogP contribution in [-0.4, -0.2) is 34.1 Å². The molecule has 0 saturated carbocycles. The van der Waals surface area contributed by atoms with Gasteiger partial charge in [-0.25, -0.2) is 9.48 Å². The van der Waals surface area contributed by atoms with Gasteiger partial charge in [-0.1, -0.05) is 5.21 Å². The zero-order chi connectivity index (χ0) is 13.1. The lowest BCUT2D eigenvalue weighted by atomic mass is 10.3. The van der Waals surface area contributed by atoms with Gasteiger partial charge in [0.2, 0.25) is 5.69 Å². The first kappa shape index (κ1) is 13.4. The largest absolute Gasteiger partial charge is 0.461 e. The number of carbonyl (C=O) groups is 1. The van der Waals surface area contributed by atoms with Crippen molar-refractivity contribution in [3.05, 3.63) is 11.4 Å². The van der Waals surface area contributed by atoms with Gasteiger partial charge in [-0.05, 0) is 6.92 Å². The van der Waals surface area contributed by atoms with Crippen molar-refractivity contribution in [1.82, 2.24) is 15.0 Å². The Bertz CT molecular complexity index is 402. The van der Waals surface area contributed by atoms with Crippen molar-refractivity contribution in [2.45, 2.75) is 19.6 Å². The number of ether oxygens (including phenoxy) is 1. The predicted octanol–water partition coefficient (Wildman–Crippen LogP) is 0.432. The standard InChI is InChI=1S/C8H11F3N4O2/c1-2-17-7(16)5-6(8(9,10)11)15(4-3-12)14-13-5/h2-4,12H2,1H3. The van der Waals surface area contributed by atoms with Crippen LogP contribution in [0.2, 0.25) is 0 Å². The minimum absolute atomic E-state index is 0.0418. The summed E-state index contributed by atoms with van der Waals surface area (Å²) in [6.45, 7) is 1.21. The van der Waals surface area contributed by atoms with Crippen LogP contribution in [0.15, 0.2) is 0 Å². The molecule has 0 bridgehead atoms. The highest BCUT2D eigenvalue weighted by Crippen LogP contribution is 2.31. The third kappa shape index (κ3) is 2.93. The van der Waals surface area contributed by atoms with Gasteiger partial charge in [0, 0.05) is 6.54 Å². The summed E-state index contributed by atoms with van der Waals surface area (Å²) < 4.78 is 43.2. The van der Waals surface area contributed by atoms with Crippen molar-refractivity contribution in [1.29, 1.82) is 0 Å². The van der Waals surface area contributed by atoms with Crippen LogP contribution in [0, 0.1) is 0 Å². The molecule has 1 rings (SSSR count). The van der Waals surface area contributed by atoms with Crippen LogP contribution in [0.3, 0.4) is 0 Å². The van der Waals surface area contributed by atoms with Gasteiger partial charge >= 0.3 is 12.1 Å². The lowest BCUT2D eigenvalue weighted by Gasteiger charge is -2.09. The summed E-state index contributed by atoms with van der Waals surface area (Å²) in [5, 5.41) is 6.42. The zero-order valence-electron chi connectivity index (χ0n) is 8.99. The fraction of sp³-hybridized carbons (Fsp3) is 0.625. The van der Waals surface area contributed by atoms with Gasteiger partial charge in [0.1, 0.15) is 0 Å². The van der Waals surface area contributed by atoms with Gasteiger partial charge in [-0.15, -0.1) is 5.10 Å². The molecule has 0 aliphatic rings. The first-order valence-electron chi connectivity index (χ1n) is 4.79. The van der Waals surface area contributed by atoms with Gasteiger partial charge < -0.3 is 10.5 Å². The van der Waals surface area contributed by atoms with Crippen LogP contribution in [0.1, 0.15) is 23.1 Å². The summed E-state index contributed by atoms with van der Waals surface area (Å²) in [7, 11) is 0. The normalized spacial score (nSPS) is 11.6. The molecule has 17 heavy (non-hydrogen) atoms. The van der Waals surface area contributed by atoms with Crippen molar-refractivity contribution in [3.8, 4) is 0 Å². The Balaban J connectivity index is 3.18. The maximum Gasteiger partial charge on any atom is 0.435 e. The Hall–Kier alpha value is -1.64. The monoisotopic (exact) mass is 252 g/mol. The first-order chi connectivity index (χ1) is 7.91. The van der Waals surface area contributed by atoms with E-state index in [1.807, 2.05) is 0 Å². The summed E-state index contributed by atoms with van der Waals surface area (Å²) in [6.07, 6.45) is -4.74. The summed E-state index contributed by atoms with van der Waals surface area (Å²) in [5.74, 6) is -1.15. The van der Waals surface area contributed by atoms with E-state index in [9.17, 15) is 18.0 Å². The number of alkyl halides is 3. The molecule has 1 aromatic heterocycles. The van der Waals surface area contributed by atoms with E-state index >= 15 is 0 Å². The van der Waals surface area contributed by atoms with E-state index in [2.05, 4.69) is 15.0 Å². The zero-order valence-corrected chi connectivity index (χ0v) is 8.99. The van der Waals surface area contributed by atoms with Gasteiger partial charge in [0.25, 0.3) is 0 Å². The molecule has 0 spiro atoms. The number of esters is 1. The molecule has 2 N–H and O–H groups in total. The molecule has 0 radical (unpaired) electrons. The number of hydrogen-bond donors (Lipinski definition) is 1. The Labute approximate surface area is 94.5 Å². The Morgan fingerprint density at radius 3 is 2.65 bits per heavy atom. The molecule has 0 unspecified atom stereocenters. The third-order valence-corrected chi connectivity index (χ3v) is 1.81. The molecule has 96 valence electrons. The number of rotatable bonds is 4. The van der Waals surface area contributed by atoms with Crippen molar-refractivity contribution >= 4 is 5.97 Å². The summed E-state index contributed by atoms with van der Waals surface area (Å²) in [4.78, 5) is 11.3. The first-order valence-corrected chi connectivity index (χ1v) is 4.79. The number of carbonyl (C=O) groups excluding carboxylic acids is 1. The van der Waals surface area contributed by atoms with E-state index in [1.165, 1.54) is 6.92 Å². The van der Waals surface area contributed by atoms with Crippen molar-refractivity contribution in [3.63, 3.8) is 0 Å². The number of nitrogens with zero attached hydrogens (tertiary/aromatic N) is 3. The minimum Gasteiger partial charge on any atom is -0.461 e. The summed E-state index contributed by atoms with van der Waals surface area (Å²) in [6, 6.07) is 0. The minimum atomic E-state index is -4.74. The Kier molecular flexibility index (Phi) is 4.05. The highest BCUT2D eigenvalue weighted by molar-refractivity contribution is 5.88. The Morgan fingerprint density at radius 1 is 1.53 bits per heavy atom. The molecular weight excluding hydrogens is 241 g/mol. The van der Waals surface area contributed by atoms with Crippen LogP contribution >= 0.6 is 0 Å². The second-order valence-electron chi connectivity index (χ2n) is 3.02. The molecule has 0 aromatic carbocycles. The van der Waals surface area contributed by atoms with Crippen molar-refractivity contribution < 1.29 is 22.7 Å². The third-order valence-electron chi connectivity index (χ3n) is 1.81. The maximum atomic E-state index is 12.7. The fourth-order valence-electron chi connectivity index (χ4n) is 1.21. The second kappa shape index (κ2) is 5.13. The summed E-state index contributed by atoms with van der Waals surface area (Å²) in [5.41, 5.74) is 3.07. The van der Waals surface area contributed by atoms with E-state index < -0.39 is 23.5 Å². The number of halogens is 3. The fourth-order valence-corrected chi connectivity index (χ4v) is 1.21. The van der Waals surface area contributed by atoms with Crippen molar-refractivity contribution in [2.24, 2.45) is 5.73 Å². The summed E-state index contributed by atoms with van der Waals surface area (Å²) >= 11 is 0. The maximum absolute atomic E-state index is 12.7. The van der Waals surface area contributed by atoms with Crippen LogP contribution in [0.5, 0.6) is 0 Å². The van der Waals surface area contributed by atoms with E-state index in [1.54, 1.807) is 0 Å². The lowest BCUT2D eigenvalue weighted by molar-refractivity contribution is -0.144. The van der Waals surface area contributed by atoms with Crippen LogP contribution in [0.4, 0.5) is 13.2 Å².